The Morgan fingerprint density at radius 2 is 1.61 bits per heavy atom. The lowest BCUT2D eigenvalue weighted by Crippen LogP contribution is -2.50. The fourth-order valence-electron chi connectivity index (χ4n) is 3.80. The Hall–Kier alpha value is -3.15. The maximum atomic E-state index is 13.4. The van der Waals surface area contributed by atoms with Gasteiger partial charge >= 0.3 is 0 Å². The van der Waals surface area contributed by atoms with Crippen LogP contribution in [-0.4, -0.2) is 52.8 Å². The quantitative estimate of drug-likeness (QED) is 0.741. The van der Waals surface area contributed by atoms with Gasteiger partial charge in [-0.15, -0.1) is 0 Å². The van der Waals surface area contributed by atoms with Crippen LogP contribution in [0, 0.1) is 19.7 Å². The molecule has 3 aromatic rings. The third kappa shape index (κ3) is 3.38. The molecule has 1 saturated heterocycles. The number of carbonyl (C=O) groups is 2. The Morgan fingerprint density at radius 1 is 0.929 bits per heavy atom. The second kappa shape index (κ2) is 7.11. The van der Waals surface area contributed by atoms with Crippen molar-refractivity contribution in [3.8, 4) is 0 Å². The van der Waals surface area contributed by atoms with Gasteiger partial charge in [0.2, 0.25) is 0 Å². The molecular weight excluding hydrogens is 357 g/mol. The van der Waals surface area contributed by atoms with Gasteiger partial charge in [-0.3, -0.25) is 9.59 Å². The predicted octanol–water partition coefficient (Wildman–Crippen LogP) is 3.52. The number of rotatable bonds is 2. The molecule has 0 spiro atoms. The van der Waals surface area contributed by atoms with Crippen molar-refractivity contribution in [2.75, 3.05) is 26.2 Å². The molecule has 144 valence electrons. The summed E-state index contributed by atoms with van der Waals surface area (Å²) in [5.74, 6) is -0.696. The number of aromatic nitrogens is 1. The van der Waals surface area contributed by atoms with Crippen molar-refractivity contribution in [1.82, 2.24) is 14.8 Å². The normalized spacial score (nSPS) is 14.5. The number of hydrogen-bond donors (Lipinski definition) is 1. The minimum absolute atomic E-state index is 0.0638. The lowest BCUT2D eigenvalue weighted by Gasteiger charge is -2.34. The number of piperazine rings is 1. The summed E-state index contributed by atoms with van der Waals surface area (Å²) in [6.45, 7) is 5.83. The van der Waals surface area contributed by atoms with Crippen LogP contribution >= 0.6 is 0 Å². The van der Waals surface area contributed by atoms with Crippen LogP contribution in [0.25, 0.3) is 10.9 Å². The maximum Gasteiger partial charge on any atom is 0.270 e. The Labute approximate surface area is 162 Å². The summed E-state index contributed by atoms with van der Waals surface area (Å²) in [5, 5.41) is 1.05. The van der Waals surface area contributed by atoms with Crippen LogP contribution in [0.5, 0.6) is 0 Å². The summed E-state index contributed by atoms with van der Waals surface area (Å²) in [7, 11) is 0. The molecule has 2 amide bonds. The van der Waals surface area contributed by atoms with Crippen LogP contribution in [0.4, 0.5) is 4.39 Å². The van der Waals surface area contributed by atoms with Gasteiger partial charge < -0.3 is 14.8 Å². The van der Waals surface area contributed by atoms with E-state index in [4.69, 9.17) is 0 Å². The Kier molecular flexibility index (Phi) is 4.63. The van der Waals surface area contributed by atoms with Gasteiger partial charge in [-0.2, -0.15) is 0 Å². The van der Waals surface area contributed by atoms with Gasteiger partial charge in [0.05, 0.1) is 0 Å². The molecule has 1 N–H and O–H groups in total. The first-order valence-electron chi connectivity index (χ1n) is 9.36. The van der Waals surface area contributed by atoms with Crippen LogP contribution in [-0.2, 0) is 0 Å². The van der Waals surface area contributed by atoms with E-state index in [1.54, 1.807) is 15.9 Å². The van der Waals surface area contributed by atoms with Gasteiger partial charge in [-0.05, 0) is 55.3 Å². The molecule has 1 aromatic heterocycles. The molecule has 1 fully saturated rings. The van der Waals surface area contributed by atoms with Crippen LogP contribution < -0.4 is 0 Å². The number of nitrogens with one attached hydrogen (secondary N) is 1. The smallest absolute Gasteiger partial charge is 0.270 e. The Bertz CT molecular complexity index is 1060. The van der Waals surface area contributed by atoms with Crippen molar-refractivity contribution in [2.45, 2.75) is 13.8 Å². The summed E-state index contributed by atoms with van der Waals surface area (Å²) < 4.78 is 13.4. The first-order valence-corrected chi connectivity index (χ1v) is 9.36. The highest BCUT2D eigenvalue weighted by atomic mass is 19.1. The largest absolute Gasteiger partial charge is 0.351 e. The fraction of sp³-hybridized carbons (Fsp3) is 0.273. The number of H-pyrrole nitrogens is 1. The number of aromatic amines is 1. The zero-order chi connectivity index (χ0) is 19.8. The molecule has 0 unspecified atom stereocenters. The molecule has 28 heavy (non-hydrogen) atoms. The van der Waals surface area contributed by atoms with Crippen LogP contribution in [0.3, 0.4) is 0 Å². The van der Waals surface area contributed by atoms with Crippen LogP contribution in [0.15, 0.2) is 42.5 Å². The molecule has 0 atom stereocenters. The third-order valence-electron chi connectivity index (χ3n) is 5.25. The summed E-state index contributed by atoms with van der Waals surface area (Å²) in [6, 6.07) is 11.7. The molecule has 2 heterocycles. The molecule has 2 aromatic carbocycles. The lowest BCUT2D eigenvalue weighted by atomic mass is 10.1. The van der Waals surface area contributed by atoms with Gasteiger partial charge in [0.25, 0.3) is 11.8 Å². The number of fused-ring (bicyclic) bond motifs is 1. The number of aryl methyl sites for hydroxylation is 2. The Morgan fingerprint density at radius 3 is 2.29 bits per heavy atom. The second-order valence-electron chi connectivity index (χ2n) is 7.32. The third-order valence-corrected chi connectivity index (χ3v) is 5.25. The van der Waals surface area contributed by atoms with Crippen LogP contribution in [0.2, 0.25) is 0 Å². The zero-order valence-corrected chi connectivity index (χ0v) is 16.0. The van der Waals surface area contributed by atoms with Gasteiger partial charge in [0, 0.05) is 42.6 Å². The minimum Gasteiger partial charge on any atom is -0.351 e. The summed E-state index contributed by atoms with van der Waals surface area (Å²) in [4.78, 5) is 32.1. The molecule has 4 rings (SSSR count). The van der Waals surface area contributed by atoms with E-state index in [0.717, 1.165) is 22.0 Å². The predicted molar refractivity (Wildman–Crippen MR) is 106 cm³/mol. The zero-order valence-electron chi connectivity index (χ0n) is 16.0. The Balaban J connectivity index is 1.45. The molecular formula is C22H22FN3O2. The maximum absolute atomic E-state index is 13.4. The van der Waals surface area contributed by atoms with E-state index in [2.05, 4.69) is 11.1 Å². The lowest BCUT2D eigenvalue weighted by molar-refractivity contribution is 0.0532. The van der Waals surface area contributed by atoms with E-state index in [1.807, 2.05) is 26.0 Å². The average Bonchev–Trinajstić information content (AvgIpc) is 3.11. The van der Waals surface area contributed by atoms with E-state index in [9.17, 15) is 14.0 Å². The van der Waals surface area contributed by atoms with E-state index in [-0.39, 0.29) is 11.8 Å². The number of hydrogen-bond acceptors (Lipinski definition) is 2. The molecule has 1 aliphatic heterocycles. The minimum atomic E-state index is -0.427. The molecule has 0 aliphatic carbocycles. The molecule has 5 nitrogen and oxygen atoms in total. The molecule has 6 heteroatoms. The summed E-state index contributed by atoms with van der Waals surface area (Å²) in [6.07, 6.45) is 0. The van der Waals surface area contributed by atoms with Crippen molar-refractivity contribution in [3.63, 3.8) is 0 Å². The fourth-order valence-corrected chi connectivity index (χ4v) is 3.80. The number of carbonyl (C=O) groups excluding carboxylic acids is 2. The van der Waals surface area contributed by atoms with E-state index in [1.165, 1.54) is 18.2 Å². The van der Waals surface area contributed by atoms with E-state index in [0.29, 0.717) is 37.4 Å². The standard InChI is InChI=1S/C22H22FN3O2/c1-14-10-15(2)18-13-20(24-19(18)11-14)22(28)26-8-6-25(7-9-26)21(27)16-4-3-5-17(23)12-16/h3-5,10-13,24H,6-9H2,1-2H3. The highest BCUT2D eigenvalue weighted by molar-refractivity contribution is 5.99. The number of halogens is 1. The first kappa shape index (κ1) is 18.2. The number of nitrogens with zero attached hydrogens (tertiary/aromatic N) is 2. The monoisotopic (exact) mass is 379 g/mol. The number of benzene rings is 2. The van der Waals surface area contributed by atoms with Crippen molar-refractivity contribution in [2.24, 2.45) is 0 Å². The van der Waals surface area contributed by atoms with Crippen molar-refractivity contribution >= 4 is 22.7 Å². The van der Waals surface area contributed by atoms with E-state index < -0.39 is 5.82 Å². The average molecular weight is 379 g/mol. The highest BCUT2D eigenvalue weighted by Crippen LogP contribution is 2.22. The van der Waals surface area contributed by atoms with Crippen molar-refractivity contribution in [1.29, 1.82) is 0 Å². The van der Waals surface area contributed by atoms with Gasteiger partial charge in [-0.25, -0.2) is 4.39 Å². The van der Waals surface area contributed by atoms with Gasteiger partial charge in [0.15, 0.2) is 0 Å². The second-order valence-corrected chi connectivity index (χ2v) is 7.32. The van der Waals surface area contributed by atoms with Crippen LogP contribution in [0.1, 0.15) is 32.0 Å². The summed E-state index contributed by atoms with van der Waals surface area (Å²) in [5.41, 5.74) is 4.14. The van der Waals surface area contributed by atoms with Crippen molar-refractivity contribution < 1.29 is 14.0 Å². The molecule has 0 saturated carbocycles. The molecule has 0 bridgehead atoms. The van der Waals surface area contributed by atoms with Gasteiger partial charge in [-0.1, -0.05) is 12.1 Å². The topological polar surface area (TPSA) is 56.4 Å². The molecule has 0 radical (unpaired) electrons. The first-order chi connectivity index (χ1) is 13.4. The van der Waals surface area contributed by atoms with E-state index >= 15 is 0 Å². The van der Waals surface area contributed by atoms with Crippen molar-refractivity contribution in [3.05, 3.63) is 70.7 Å². The highest BCUT2D eigenvalue weighted by Gasteiger charge is 2.26. The summed E-state index contributed by atoms with van der Waals surface area (Å²) >= 11 is 0. The van der Waals surface area contributed by atoms with Gasteiger partial charge in [0.1, 0.15) is 11.5 Å². The SMILES string of the molecule is Cc1cc(C)c2cc(C(=O)N3CCN(C(=O)c4cccc(F)c4)CC3)[nH]c2c1. The molecule has 1 aliphatic rings. The number of amides is 2.